The summed E-state index contributed by atoms with van der Waals surface area (Å²) in [5.74, 6) is 0.0687. The van der Waals surface area contributed by atoms with E-state index >= 15 is 0 Å². The number of carbonyl (C=O) groups excluding carboxylic acids is 1. The van der Waals surface area contributed by atoms with E-state index in [1.54, 1.807) is 12.4 Å². The zero-order valence-electron chi connectivity index (χ0n) is 11.2. The van der Waals surface area contributed by atoms with Gasteiger partial charge in [-0.25, -0.2) is 0 Å². The van der Waals surface area contributed by atoms with Crippen LogP contribution in [0.25, 0.3) is 0 Å². The monoisotopic (exact) mass is 303 g/mol. The fraction of sp³-hybridized carbons (Fsp3) is 0.250. The molecule has 1 amide bonds. The molecule has 1 unspecified atom stereocenters. The van der Waals surface area contributed by atoms with Crippen molar-refractivity contribution >= 4 is 17.7 Å². The molecule has 8 nitrogen and oxygen atoms in total. The third-order valence-corrected chi connectivity index (χ3v) is 4.57. The first-order valence-electron chi connectivity index (χ1n) is 6.23. The van der Waals surface area contributed by atoms with Crippen LogP contribution in [0.5, 0.6) is 0 Å². The van der Waals surface area contributed by atoms with Crippen LogP contribution in [0.1, 0.15) is 23.7 Å². The Hall–Kier alpha value is -2.42. The summed E-state index contributed by atoms with van der Waals surface area (Å²) in [6, 6.07) is 3.84. The number of nitrogens with two attached hydrogens (primary N) is 1. The quantitative estimate of drug-likeness (QED) is 0.848. The second-order valence-electron chi connectivity index (χ2n) is 4.51. The van der Waals surface area contributed by atoms with E-state index in [9.17, 15) is 4.79 Å². The van der Waals surface area contributed by atoms with Gasteiger partial charge in [0.05, 0.1) is 4.91 Å². The molecular weight excluding hydrogens is 290 g/mol. The van der Waals surface area contributed by atoms with Gasteiger partial charge >= 0.3 is 0 Å². The summed E-state index contributed by atoms with van der Waals surface area (Å²) >= 11 is 1.34. The lowest BCUT2D eigenvalue weighted by Gasteiger charge is -2.25. The molecule has 0 bridgehead atoms. The number of H-pyrrole nitrogens is 1. The minimum absolute atomic E-state index is 0.230. The SMILES string of the molecule is CC1=C(C(N)=O)SC(c2nn[nH]n2)N1Cc1cccnc1. The fourth-order valence-corrected chi connectivity index (χ4v) is 3.35. The lowest BCUT2D eigenvalue weighted by Crippen LogP contribution is -2.22. The van der Waals surface area contributed by atoms with Crippen LogP contribution in [0.4, 0.5) is 0 Å². The van der Waals surface area contributed by atoms with Crippen molar-refractivity contribution in [1.29, 1.82) is 0 Å². The lowest BCUT2D eigenvalue weighted by atomic mass is 10.2. The number of rotatable bonds is 4. The maximum atomic E-state index is 11.6. The highest BCUT2D eigenvalue weighted by Crippen LogP contribution is 2.46. The van der Waals surface area contributed by atoms with Crippen molar-refractivity contribution in [2.24, 2.45) is 5.73 Å². The van der Waals surface area contributed by atoms with Gasteiger partial charge in [-0.05, 0) is 18.6 Å². The Kier molecular flexibility index (Phi) is 3.57. The second kappa shape index (κ2) is 5.52. The molecule has 0 radical (unpaired) electrons. The Balaban J connectivity index is 1.93. The number of nitrogens with zero attached hydrogens (tertiary/aromatic N) is 5. The Labute approximate surface area is 124 Å². The molecule has 0 saturated carbocycles. The molecule has 9 heteroatoms. The van der Waals surface area contributed by atoms with Gasteiger partial charge in [-0.1, -0.05) is 23.0 Å². The van der Waals surface area contributed by atoms with E-state index in [-0.39, 0.29) is 5.37 Å². The van der Waals surface area contributed by atoms with Gasteiger partial charge in [0.1, 0.15) is 5.37 Å². The average Bonchev–Trinajstić information content (AvgIpc) is 3.09. The third-order valence-electron chi connectivity index (χ3n) is 3.15. The number of allylic oxidation sites excluding steroid dienone is 1. The van der Waals surface area contributed by atoms with Gasteiger partial charge in [0.25, 0.3) is 5.91 Å². The van der Waals surface area contributed by atoms with Gasteiger partial charge in [0.15, 0.2) is 0 Å². The molecule has 3 heterocycles. The zero-order chi connectivity index (χ0) is 14.8. The highest BCUT2D eigenvalue weighted by atomic mass is 32.2. The highest BCUT2D eigenvalue weighted by Gasteiger charge is 2.36. The van der Waals surface area contributed by atoms with Crippen LogP contribution in [0, 0.1) is 0 Å². The molecule has 0 aromatic carbocycles. The molecule has 3 rings (SSSR count). The molecular formula is C12H13N7OS. The molecule has 0 aliphatic carbocycles. The molecule has 1 aliphatic heterocycles. The predicted octanol–water partition coefficient (Wildman–Crippen LogP) is 0.559. The third kappa shape index (κ3) is 2.59. The van der Waals surface area contributed by atoms with Crippen LogP contribution in [0.2, 0.25) is 0 Å². The second-order valence-corrected chi connectivity index (χ2v) is 5.60. The molecule has 1 atom stereocenters. The Morgan fingerprint density at radius 2 is 2.43 bits per heavy atom. The average molecular weight is 303 g/mol. The van der Waals surface area contributed by atoms with E-state index in [4.69, 9.17) is 5.73 Å². The topological polar surface area (TPSA) is 114 Å². The number of pyridine rings is 1. The van der Waals surface area contributed by atoms with E-state index < -0.39 is 5.91 Å². The van der Waals surface area contributed by atoms with E-state index in [0.29, 0.717) is 17.3 Å². The summed E-state index contributed by atoms with van der Waals surface area (Å²) in [4.78, 5) is 18.2. The summed E-state index contributed by atoms with van der Waals surface area (Å²) < 4.78 is 0. The first-order valence-corrected chi connectivity index (χ1v) is 7.11. The van der Waals surface area contributed by atoms with Crippen molar-refractivity contribution in [2.75, 3.05) is 0 Å². The Bertz CT molecular complexity index is 670. The van der Waals surface area contributed by atoms with Crippen molar-refractivity contribution in [3.05, 3.63) is 46.5 Å². The van der Waals surface area contributed by atoms with Gasteiger partial charge in [-0.15, -0.1) is 10.2 Å². The van der Waals surface area contributed by atoms with Crippen LogP contribution in [-0.2, 0) is 11.3 Å². The molecule has 0 fully saturated rings. The van der Waals surface area contributed by atoms with Crippen LogP contribution >= 0.6 is 11.8 Å². The zero-order valence-corrected chi connectivity index (χ0v) is 12.0. The summed E-state index contributed by atoms with van der Waals surface area (Å²) in [7, 11) is 0. The number of aromatic nitrogens is 5. The van der Waals surface area contributed by atoms with Gasteiger partial charge in [0.2, 0.25) is 5.82 Å². The van der Waals surface area contributed by atoms with Crippen LogP contribution in [0.15, 0.2) is 35.1 Å². The molecule has 0 saturated heterocycles. The molecule has 21 heavy (non-hydrogen) atoms. The Morgan fingerprint density at radius 3 is 3.05 bits per heavy atom. The van der Waals surface area contributed by atoms with Crippen molar-refractivity contribution in [2.45, 2.75) is 18.8 Å². The number of nitrogens with one attached hydrogen (secondary N) is 1. The smallest absolute Gasteiger partial charge is 0.256 e. The number of carbonyl (C=O) groups is 1. The van der Waals surface area contributed by atoms with Crippen molar-refractivity contribution in [3.63, 3.8) is 0 Å². The first kappa shape index (κ1) is 13.6. The van der Waals surface area contributed by atoms with Gasteiger partial charge in [-0.2, -0.15) is 5.21 Å². The lowest BCUT2D eigenvalue weighted by molar-refractivity contribution is -0.114. The normalized spacial score (nSPS) is 18.3. The first-order chi connectivity index (χ1) is 10.2. The van der Waals surface area contributed by atoms with Crippen molar-refractivity contribution in [1.82, 2.24) is 30.5 Å². The van der Waals surface area contributed by atoms with Crippen LogP contribution in [0.3, 0.4) is 0 Å². The minimum atomic E-state index is -0.445. The van der Waals surface area contributed by atoms with E-state index in [1.807, 2.05) is 24.0 Å². The van der Waals surface area contributed by atoms with Crippen molar-refractivity contribution in [3.8, 4) is 0 Å². The number of thioether (sulfide) groups is 1. The standard InChI is InChI=1S/C12H13N7OS/c1-7-9(10(13)20)21-12(11-15-17-18-16-11)19(7)6-8-3-2-4-14-5-8/h2-5,12H,6H2,1H3,(H2,13,20)(H,15,16,17,18). The largest absolute Gasteiger partial charge is 0.365 e. The van der Waals surface area contributed by atoms with E-state index in [1.165, 1.54) is 11.8 Å². The van der Waals surface area contributed by atoms with E-state index in [2.05, 4.69) is 25.6 Å². The number of amides is 1. The van der Waals surface area contributed by atoms with Crippen molar-refractivity contribution < 1.29 is 4.79 Å². The van der Waals surface area contributed by atoms with E-state index in [0.717, 1.165) is 11.3 Å². The number of hydrogen-bond donors (Lipinski definition) is 2. The molecule has 2 aromatic rings. The minimum Gasteiger partial charge on any atom is -0.365 e. The molecule has 3 N–H and O–H groups in total. The van der Waals surface area contributed by atoms with Gasteiger partial charge < -0.3 is 10.6 Å². The maximum absolute atomic E-state index is 11.6. The number of aromatic amines is 1. The number of hydrogen-bond acceptors (Lipinski definition) is 7. The Morgan fingerprint density at radius 1 is 1.57 bits per heavy atom. The van der Waals surface area contributed by atoms with Crippen LogP contribution < -0.4 is 5.73 Å². The summed E-state index contributed by atoms with van der Waals surface area (Å²) in [5, 5.41) is 13.8. The fourth-order valence-electron chi connectivity index (χ4n) is 2.16. The summed E-state index contributed by atoms with van der Waals surface area (Å²) in [6.07, 6.45) is 3.50. The predicted molar refractivity (Wildman–Crippen MR) is 76.2 cm³/mol. The molecule has 108 valence electrons. The number of primary amides is 1. The van der Waals surface area contributed by atoms with Crippen LogP contribution in [-0.4, -0.2) is 36.4 Å². The highest BCUT2D eigenvalue weighted by molar-refractivity contribution is 8.04. The summed E-state index contributed by atoms with van der Waals surface area (Å²) in [5.41, 5.74) is 7.27. The van der Waals surface area contributed by atoms with Gasteiger partial charge in [0, 0.05) is 24.6 Å². The van der Waals surface area contributed by atoms with Gasteiger partial charge in [-0.3, -0.25) is 9.78 Å². The maximum Gasteiger partial charge on any atom is 0.256 e. The summed E-state index contributed by atoms with van der Waals surface area (Å²) in [6.45, 7) is 2.45. The molecule has 2 aromatic heterocycles. The molecule has 1 aliphatic rings. The number of tetrazole rings is 1. The molecule has 0 spiro atoms.